The summed E-state index contributed by atoms with van der Waals surface area (Å²) in [6.07, 6.45) is 1.50. The van der Waals surface area contributed by atoms with Crippen LogP contribution in [-0.2, 0) is 4.79 Å². The molecule has 2 amide bonds. The zero-order chi connectivity index (χ0) is 23.0. The first kappa shape index (κ1) is 24.4. The smallest absolute Gasteiger partial charge is 0.262 e. The van der Waals surface area contributed by atoms with Crippen molar-refractivity contribution in [3.8, 4) is 17.2 Å². The summed E-state index contributed by atoms with van der Waals surface area (Å²) in [6.45, 7) is 3.69. The van der Waals surface area contributed by atoms with Crippen molar-refractivity contribution in [2.45, 2.75) is 19.9 Å². The maximum absolute atomic E-state index is 12.6. The van der Waals surface area contributed by atoms with E-state index in [0.717, 1.165) is 9.13 Å². The van der Waals surface area contributed by atoms with E-state index in [9.17, 15) is 9.59 Å². The summed E-state index contributed by atoms with van der Waals surface area (Å²) in [6, 6.07) is 9.51. The zero-order valence-corrected chi connectivity index (χ0v) is 20.2. The van der Waals surface area contributed by atoms with Crippen LogP contribution >= 0.6 is 22.6 Å². The van der Waals surface area contributed by atoms with Crippen molar-refractivity contribution < 1.29 is 23.8 Å². The highest BCUT2D eigenvalue weighted by molar-refractivity contribution is 14.1. The predicted octanol–water partition coefficient (Wildman–Crippen LogP) is 3.22. The Morgan fingerprint density at radius 3 is 2.26 bits per heavy atom. The van der Waals surface area contributed by atoms with E-state index in [0.29, 0.717) is 22.8 Å². The number of carbonyl (C=O) groups excluding carboxylic acids is 2. The fraction of sp³-hybridized carbons (Fsp3) is 0.318. The molecule has 0 radical (unpaired) electrons. The third-order valence-electron chi connectivity index (χ3n) is 4.43. The minimum absolute atomic E-state index is 0.139. The first-order valence-electron chi connectivity index (χ1n) is 9.50. The van der Waals surface area contributed by atoms with Crippen LogP contribution < -0.4 is 25.0 Å². The Hall–Kier alpha value is -2.82. The molecular weight excluding hydrogens is 513 g/mol. The molecule has 2 aromatic carbocycles. The number of carbonyl (C=O) groups is 2. The Bertz CT molecular complexity index is 945. The van der Waals surface area contributed by atoms with Crippen LogP contribution in [0.2, 0.25) is 0 Å². The quantitative estimate of drug-likeness (QED) is 0.290. The van der Waals surface area contributed by atoms with Crippen molar-refractivity contribution in [2.75, 3.05) is 21.3 Å². The van der Waals surface area contributed by atoms with Gasteiger partial charge < -0.3 is 19.5 Å². The second-order valence-electron chi connectivity index (χ2n) is 6.90. The molecule has 166 valence electrons. The van der Waals surface area contributed by atoms with Crippen molar-refractivity contribution in [1.29, 1.82) is 0 Å². The van der Waals surface area contributed by atoms with E-state index < -0.39 is 11.9 Å². The predicted molar refractivity (Wildman–Crippen MR) is 127 cm³/mol. The fourth-order valence-corrected chi connectivity index (χ4v) is 3.60. The van der Waals surface area contributed by atoms with E-state index in [1.165, 1.54) is 6.21 Å². The number of hydrogen-bond donors (Lipinski definition) is 2. The lowest BCUT2D eigenvalue weighted by atomic mass is 10.0. The largest absolute Gasteiger partial charge is 0.497 e. The van der Waals surface area contributed by atoms with E-state index in [4.69, 9.17) is 14.2 Å². The van der Waals surface area contributed by atoms with Gasteiger partial charge in [-0.15, -0.1) is 0 Å². The summed E-state index contributed by atoms with van der Waals surface area (Å²) in [5.74, 6) is 0.936. The van der Waals surface area contributed by atoms with Crippen LogP contribution in [0.5, 0.6) is 17.2 Å². The number of methoxy groups -OCH3 is 3. The molecule has 0 aliphatic heterocycles. The number of hydrogen-bond acceptors (Lipinski definition) is 6. The van der Waals surface area contributed by atoms with Gasteiger partial charge in [0.1, 0.15) is 11.8 Å². The Morgan fingerprint density at radius 2 is 1.71 bits per heavy atom. The van der Waals surface area contributed by atoms with Gasteiger partial charge in [0.2, 0.25) is 0 Å². The molecule has 2 N–H and O–H groups in total. The molecule has 2 rings (SSSR count). The van der Waals surface area contributed by atoms with Crippen LogP contribution in [0.4, 0.5) is 0 Å². The molecule has 0 saturated carbocycles. The SMILES string of the molecule is COc1ccc(C(=O)NC(C(=O)NN=Cc2cc(I)c(OC)c(OC)c2)C(C)C)cc1. The summed E-state index contributed by atoms with van der Waals surface area (Å²) in [7, 11) is 4.67. The van der Waals surface area contributed by atoms with Crippen molar-refractivity contribution in [3.63, 3.8) is 0 Å². The third-order valence-corrected chi connectivity index (χ3v) is 5.23. The van der Waals surface area contributed by atoms with Crippen LogP contribution in [0.1, 0.15) is 29.8 Å². The van der Waals surface area contributed by atoms with Crippen molar-refractivity contribution >= 4 is 40.6 Å². The third kappa shape index (κ3) is 6.58. The average molecular weight is 539 g/mol. The maximum Gasteiger partial charge on any atom is 0.262 e. The second-order valence-corrected chi connectivity index (χ2v) is 8.06. The summed E-state index contributed by atoms with van der Waals surface area (Å²) in [4.78, 5) is 25.2. The summed E-state index contributed by atoms with van der Waals surface area (Å²) >= 11 is 2.13. The molecule has 0 bridgehead atoms. The Morgan fingerprint density at radius 1 is 1.03 bits per heavy atom. The zero-order valence-electron chi connectivity index (χ0n) is 18.1. The van der Waals surface area contributed by atoms with E-state index in [1.54, 1.807) is 51.7 Å². The van der Waals surface area contributed by atoms with Crippen LogP contribution in [0.25, 0.3) is 0 Å². The van der Waals surface area contributed by atoms with Gasteiger partial charge in [0.05, 0.1) is 31.1 Å². The molecule has 8 nitrogen and oxygen atoms in total. The molecule has 0 aliphatic rings. The first-order valence-corrected chi connectivity index (χ1v) is 10.6. The number of amides is 2. The van der Waals surface area contributed by atoms with Gasteiger partial charge in [-0.2, -0.15) is 5.10 Å². The van der Waals surface area contributed by atoms with Crippen LogP contribution in [0, 0.1) is 9.49 Å². The number of nitrogens with zero attached hydrogens (tertiary/aromatic N) is 1. The molecule has 0 aliphatic carbocycles. The van der Waals surface area contributed by atoms with E-state index in [2.05, 4.69) is 38.4 Å². The number of hydrazone groups is 1. The van der Waals surface area contributed by atoms with Gasteiger partial charge in [0.25, 0.3) is 11.8 Å². The van der Waals surface area contributed by atoms with Gasteiger partial charge in [-0.3, -0.25) is 9.59 Å². The van der Waals surface area contributed by atoms with Crippen LogP contribution in [0.15, 0.2) is 41.5 Å². The lowest BCUT2D eigenvalue weighted by Gasteiger charge is -2.20. The minimum atomic E-state index is -0.753. The topological polar surface area (TPSA) is 98.2 Å². The van der Waals surface area contributed by atoms with Gasteiger partial charge in [0, 0.05) is 5.56 Å². The number of ether oxygens (including phenoxy) is 3. The summed E-state index contributed by atoms with van der Waals surface area (Å²) in [5.41, 5.74) is 3.65. The second kappa shape index (κ2) is 11.5. The fourth-order valence-electron chi connectivity index (χ4n) is 2.75. The molecule has 0 saturated heterocycles. The van der Waals surface area contributed by atoms with Crippen LogP contribution in [0.3, 0.4) is 0 Å². The van der Waals surface area contributed by atoms with Crippen LogP contribution in [-0.4, -0.2) is 45.4 Å². The molecule has 0 heterocycles. The van der Waals surface area contributed by atoms with Crippen molar-refractivity contribution in [3.05, 3.63) is 51.1 Å². The molecule has 31 heavy (non-hydrogen) atoms. The van der Waals surface area contributed by atoms with Gasteiger partial charge in [-0.1, -0.05) is 13.8 Å². The van der Waals surface area contributed by atoms with E-state index in [1.807, 2.05) is 19.9 Å². The molecule has 0 spiro atoms. The lowest BCUT2D eigenvalue weighted by Crippen LogP contribution is -2.48. The molecule has 0 aromatic heterocycles. The normalized spacial score (nSPS) is 11.8. The number of benzene rings is 2. The molecule has 1 unspecified atom stereocenters. The average Bonchev–Trinajstić information content (AvgIpc) is 2.76. The molecular formula is C22H26IN3O5. The Kier molecular flexibility index (Phi) is 9.10. The highest BCUT2D eigenvalue weighted by atomic mass is 127. The van der Waals surface area contributed by atoms with Crippen molar-refractivity contribution in [2.24, 2.45) is 11.0 Å². The maximum atomic E-state index is 12.6. The lowest BCUT2D eigenvalue weighted by molar-refractivity contribution is -0.123. The highest BCUT2D eigenvalue weighted by Gasteiger charge is 2.24. The Labute approximate surface area is 195 Å². The number of halogens is 1. The summed E-state index contributed by atoms with van der Waals surface area (Å²) < 4.78 is 16.6. The van der Waals surface area contributed by atoms with E-state index >= 15 is 0 Å². The Balaban J connectivity index is 2.07. The summed E-state index contributed by atoms with van der Waals surface area (Å²) in [5, 5.41) is 6.79. The minimum Gasteiger partial charge on any atom is -0.497 e. The monoisotopic (exact) mass is 539 g/mol. The molecule has 2 aromatic rings. The van der Waals surface area contributed by atoms with Gasteiger partial charge in [-0.05, 0) is 70.5 Å². The molecule has 1 atom stereocenters. The highest BCUT2D eigenvalue weighted by Crippen LogP contribution is 2.33. The van der Waals surface area contributed by atoms with Gasteiger partial charge >= 0.3 is 0 Å². The number of rotatable bonds is 9. The molecule has 0 fully saturated rings. The van der Waals surface area contributed by atoms with Crippen molar-refractivity contribution in [1.82, 2.24) is 10.7 Å². The van der Waals surface area contributed by atoms with Gasteiger partial charge in [-0.25, -0.2) is 5.43 Å². The first-order chi connectivity index (χ1) is 14.8. The number of nitrogens with one attached hydrogen (secondary N) is 2. The van der Waals surface area contributed by atoms with E-state index in [-0.39, 0.29) is 11.8 Å². The standard InChI is InChI=1S/C22H26IN3O5/c1-13(2)19(25-21(27)15-6-8-16(29-3)9-7-15)22(28)26-24-12-14-10-17(23)20(31-5)18(11-14)30-4/h6-13,19H,1-5H3,(H,25,27)(H,26,28). The molecule has 9 heteroatoms. The van der Waals surface area contributed by atoms with Gasteiger partial charge in [0.15, 0.2) is 11.5 Å².